The van der Waals surface area contributed by atoms with Gasteiger partial charge in [0.15, 0.2) is 4.77 Å². The molecule has 0 aliphatic rings. The molecule has 0 radical (unpaired) electrons. The largest absolute Gasteiger partial charge is 0.494 e. The molecule has 3 rings (SSSR count). The van der Waals surface area contributed by atoms with Gasteiger partial charge in [0.05, 0.1) is 18.7 Å². The highest BCUT2D eigenvalue weighted by molar-refractivity contribution is 7.71. The van der Waals surface area contributed by atoms with Gasteiger partial charge in [0.2, 0.25) is 0 Å². The third-order valence-electron chi connectivity index (χ3n) is 3.49. The van der Waals surface area contributed by atoms with Crippen LogP contribution in [0.3, 0.4) is 0 Å². The first-order valence-electron chi connectivity index (χ1n) is 6.45. The lowest BCUT2D eigenvalue weighted by Crippen LogP contribution is -2.04. The van der Waals surface area contributed by atoms with E-state index < -0.39 is 0 Å². The first kappa shape index (κ1) is 13.4. The number of fused-ring (bicyclic) bond motifs is 1. The number of hydrogen-bond donors (Lipinski definition) is 1. The van der Waals surface area contributed by atoms with Crippen molar-refractivity contribution in [3.05, 3.63) is 44.9 Å². The maximum absolute atomic E-state index is 5.50. The second-order valence-corrected chi connectivity index (χ2v) is 6.49. The number of aromatic amines is 1. The molecule has 1 N–H and O–H groups in total. The van der Waals surface area contributed by atoms with Gasteiger partial charge in [-0.05, 0) is 50.3 Å². The van der Waals surface area contributed by atoms with Crippen molar-refractivity contribution in [2.24, 2.45) is 0 Å². The number of ether oxygens (including phenoxy) is 1. The number of aryl methyl sites for hydroxylation is 1. The van der Waals surface area contributed by atoms with E-state index in [0.29, 0.717) is 0 Å². The Balaban J connectivity index is 2.21. The van der Waals surface area contributed by atoms with Crippen LogP contribution < -0.4 is 4.74 Å². The Labute approximate surface area is 126 Å². The predicted molar refractivity (Wildman–Crippen MR) is 86.5 cm³/mol. The summed E-state index contributed by atoms with van der Waals surface area (Å²) in [7, 11) is 1.68. The summed E-state index contributed by atoms with van der Waals surface area (Å²) in [4.78, 5) is 5.88. The minimum Gasteiger partial charge on any atom is -0.494 e. The molecule has 0 saturated heterocycles. The quantitative estimate of drug-likeness (QED) is 0.712. The molecular formula is C15H16N2OS2. The number of nitrogens with zero attached hydrogens (tertiary/aromatic N) is 1. The highest BCUT2D eigenvalue weighted by Crippen LogP contribution is 2.31. The summed E-state index contributed by atoms with van der Waals surface area (Å²) >= 11 is 7.31. The van der Waals surface area contributed by atoms with Gasteiger partial charge < -0.3 is 14.3 Å². The molecule has 0 fully saturated rings. The molecule has 2 heterocycles. The molecule has 3 nitrogen and oxygen atoms in total. The zero-order valence-electron chi connectivity index (χ0n) is 11.6. The van der Waals surface area contributed by atoms with E-state index in [1.165, 1.54) is 9.75 Å². The fourth-order valence-electron chi connectivity index (χ4n) is 2.48. The van der Waals surface area contributed by atoms with Gasteiger partial charge in [0.25, 0.3) is 0 Å². The zero-order chi connectivity index (χ0) is 14.3. The third-order valence-corrected chi connectivity index (χ3v) is 4.96. The van der Waals surface area contributed by atoms with Crippen LogP contribution in [0.4, 0.5) is 0 Å². The van der Waals surface area contributed by atoms with Gasteiger partial charge in [-0.2, -0.15) is 0 Å². The number of hydrogen-bond acceptors (Lipinski definition) is 3. The lowest BCUT2D eigenvalue weighted by atomic mass is 10.2. The topological polar surface area (TPSA) is 29.9 Å². The number of benzene rings is 1. The molecular weight excluding hydrogens is 288 g/mol. The van der Waals surface area contributed by atoms with E-state index in [2.05, 4.69) is 41.6 Å². The highest BCUT2D eigenvalue weighted by atomic mass is 32.1. The fourth-order valence-corrected chi connectivity index (χ4v) is 3.76. The monoisotopic (exact) mass is 304 g/mol. The van der Waals surface area contributed by atoms with Gasteiger partial charge in [-0.15, -0.1) is 11.3 Å². The van der Waals surface area contributed by atoms with E-state index in [9.17, 15) is 0 Å². The average Bonchev–Trinajstić information content (AvgIpc) is 3.00. The van der Waals surface area contributed by atoms with Crippen molar-refractivity contribution in [1.29, 1.82) is 0 Å². The molecule has 0 aliphatic carbocycles. The van der Waals surface area contributed by atoms with Crippen LogP contribution in [0.15, 0.2) is 30.3 Å². The average molecular weight is 304 g/mol. The van der Waals surface area contributed by atoms with Gasteiger partial charge in [0, 0.05) is 9.75 Å². The van der Waals surface area contributed by atoms with Crippen molar-refractivity contribution < 1.29 is 4.74 Å². The van der Waals surface area contributed by atoms with Crippen LogP contribution in [0.2, 0.25) is 0 Å². The number of nitrogens with one attached hydrogen (secondary N) is 1. The summed E-state index contributed by atoms with van der Waals surface area (Å²) < 4.78 is 8.27. The van der Waals surface area contributed by atoms with Crippen molar-refractivity contribution in [1.82, 2.24) is 9.55 Å². The Morgan fingerprint density at radius 3 is 2.75 bits per heavy atom. The summed E-state index contributed by atoms with van der Waals surface area (Å²) in [6.07, 6.45) is 0. The van der Waals surface area contributed by atoms with E-state index >= 15 is 0 Å². The van der Waals surface area contributed by atoms with E-state index in [0.717, 1.165) is 21.6 Å². The van der Waals surface area contributed by atoms with Crippen molar-refractivity contribution in [2.75, 3.05) is 7.11 Å². The molecule has 1 unspecified atom stereocenters. The third kappa shape index (κ3) is 2.07. The summed E-state index contributed by atoms with van der Waals surface area (Å²) in [5.74, 6) is 0.821. The van der Waals surface area contributed by atoms with Crippen LogP contribution in [0.25, 0.3) is 11.0 Å². The van der Waals surface area contributed by atoms with Crippen LogP contribution in [0, 0.1) is 11.7 Å². The predicted octanol–water partition coefficient (Wildman–Crippen LogP) is 4.69. The number of aromatic nitrogens is 2. The van der Waals surface area contributed by atoms with Gasteiger partial charge >= 0.3 is 0 Å². The van der Waals surface area contributed by atoms with Crippen molar-refractivity contribution in [3.8, 4) is 5.75 Å². The smallest absolute Gasteiger partial charge is 0.178 e. The first-order chi connectivity index (χ1) is 9.61. The van der Waals surface area contributed by atoms with Crippen LogP contribution in [-0.2, 0) is 0 Å². The van der Waals surface area contributed by atoms with Crippen molar-refractivity contribution in [3.63, 3.8) is 0 Å². The zero-order valence-corrected chi connectivity index (χ0v) is 13.3. The minimum atomic E-state index is 0.210. The molecule has 0 bridgehead atoms. The van der Waals surface area contributed by atoms with Crippen LogP contribution in [-0.4, -0.2) is 16.7 Å². The summed E-state index contributed by atoms with van der Waals surface area (Å²) in [6, 6.07) is 10.5. The molecule has 3 aromatic rings. The highest BCUT2D eigenvalue weighted by Gasteiger charge is 2.16. The maximum atomic E-state index is 5.50. The number of imidazole rings is 1. The van der Waals surface area contributed by atoms with E-state index in [1.807, 2.05) is 23.5 Å². The van der Waals surface area contributed by atoms with E-state index in [-0.39, 0.29) is 6.04 Å². The molecule has 20 heavy (non-hydrogen) atoms. The van der Waals surface area contributed by atoms with Crippen LogP contribution in [0.5, 0.6) is 5.75 Å². The summed E-state index contributed by atoms with van der Waals surface area (Å²) in [5, 5.41) is 0. The normalized spacial score (nSPS) is 12.8. The van der Waals surface area contributed by atoms with Gasteiger partial charge in [-0.3, -0.25) is 0 Å². The maximum Gasteiger partial charge on any atom is 0.178 e. The van der Waals surface area contributed by atoms with E-state index in [1.54, 1.807) is 7.11 Å². The molecule has 2 aromatic heterocycles. The van der Waals surface area contributed by atoms with Crippen molar-refractivity contribution >= 4 is 34.6 Å². The second kappa shape index (κ2) is 5.07. The van der Waals surface area contributed by atoms with Gasteiger partial charge in [-0.1, -0.05) is 6.07 Å². The Morgan fingerprint density at radius 1 is 1.30 bits per heavy atom. The lowest BCUT2D eigenvalue weighted by Gasteiger charge is -2.13. The molecule has 0 aliphatic heterocycles. The van der Waals surface area contributed by atoms with Crippen LogP contribution in [0.1, 0.15) is 22.7 Å². The standard InChI is InChI=1S/C15H16N2OS2/c1-9-7-8-13(20-9)10(2)17-11-5-4-6-12(18-3)14(11)16-15(17)19/h4-8,10H,1-3H3,(H,16,19). The Bertz CT molecular complexity index is 813. The Morgan fingerprint density at radius 2 is 2.10 bits per heavy atom. The second-order valence-electron chi connectivity index (χ2n) is 4.78. The molecule has 1 aromatic carbocycles. The number of rotatable bonds is 3. The number of methoxy groups -OCH3 is 1. The lowest BCUT2D eigenvalue weighted by molar-refractivity contribution is 0.419. The molecule has 1 atom stereocenters. The molecule has 0 spiro atoms. The van der Waals surface area contributed by atoms with Crippen molar-refractivity contribution in [2.45, 2.75) is 19.9 Å². The first-order valence-corrected chi connectivity index (χ1v) is 7.68. The SMILES string of the molecule is COc1cccc2c1[nH]c(=S)n2C(C)c1ccc(C)s1. The fraction of sp³-hybridized carbons (Fsp3) is 0.267. The molecule has 0 amide bonds. The Kier molecular flexibility index (Phi) is 3.40. The van der Waals surface area contributed by atoms with Gasteiger partial charge in [0.1, 0.15) is 11.3 Å². The molecule has 0 saturated carbocycles. The number of H-pyrrole nitrogens is 1. The van der Waals surface area contributed by atoms with Gasteiger partial charge in [-0.25, -0.2) is 0 Å². The Hall–Kier alpha value is -1.59. The van der Waals surface area contributed by atoms with E-state index in [4.69, 9.17) is 17.0 Å². The summed E-state index contributed by atoms with van der Waals surface area (Å²) in [6.45, 7) is 4.30. The van der Waals surface area contributed by atoms with Crippen LogP contribution >= 0.6 is 23.6 Å². The molecule has 104 valence electrons. The number of thiophene rings is 1. The minimum absolute atomic E-state index is 0.210. The number of para-hydroxylation sites is 1. The molecule has 5 heteroatoms. The summed E-state index contributed by atoms with van der Waals surface area (Å²) in [5.41, 5.74) is 2.04.